The number of anilines is 2. The van der Waals surface area contributed by atoms with E-state index in [9.17, 15) is 22.8 Å². The van der Waals surface area contributed by atoms with Crippen LogP contribution in [0.4, 0.5) is 24.0 Å². The summed E-state index contributed by atoms with van der Waals surface area (Å²) < 4.78 is 38.6. The molecule has 0 fully saturated rings. The van der Waals surface area contributed by atoms with Gasteiger partial charge >= 0.3 is 6.18 Å². The van der Waals surface area contributed by atoms with Crippen LogP contribution in [-0.2, 0) is 15.8 Å². The van der Waals surface area contributed by atoms with E-state index >= 15 is 0 Å². The molecule has 1 heterocycles. The third kappa shape index (κ3) is 7.23. The van der Waals surface area contributed by atoms with E-state index in [1.807, 2.05) is 30.3 Å². The molecule has 3 aromatic rings. The smallest absolute Gasteiger partial charge is 0.325 e. The summed E-state index contributed by atoms with van der Waals surface area (Å²) in [7, 11) is 0. The predicted molar refractivity (Wildman–Crippen MR) is 115 cm³/mol. The molecule has 0 aliphatic rings. The van der Waals surface area contributed by atoms with Crippen molar-refractivity contribution in [1.29, 1.82) is 0 Å². The first-order valence-electron chi connectivity index (χ1n) is 8.77. The lowest BCUT2D eigenvalue weighted by Gasteiger charge is -2.09. The summed E-state index contributed by atoms with van der Waals surface area (Å²) in [5.41, 5.74) is 0.0811. The molecule has 0 saturated heterocycles. The Morgan fingerprint density at radius 1 is 1.03 bits per heavy atom. The van der Waals surface area contributed by atoms with Gasteiger partial charge in [0.05, 0.1) is 11.3 Å². The van der Waals surface area contributed by atoms with Crippen LogP contribution >= 0.6 is 23.1 Å². The van der Waals surface area contributed by atoms with E-state index in [0.29, 0.717) is 4.34 Å². The number of carbonyl (C=O) groups excluding carboxylic acids is 2. The molecule has 1 aromatic heterocycles. The Morgan fingerprint density at radius 3 is 2.55 bits per heavy atom. The third-order valence-electron chi connectivity index (χ3n) is 3.66. The first-order valence-corrected chi connectivity index (χ1v) is 10.6. The van der Waals surface area contributed by atoms with E-state index in [2.05, 4.69) is 20.8 Å². The lowest BCUT2D eigenvalue weighted by Crippen LogP contribution is -2.15. The normalized spacial score (nSPS) is 11.5. The zero-order valence-electron chi connectivity index (χ0n) is 15.7. The number of rotatable bonds is 7. The Bertz CT molecular complexity index is 1090. The van der Waals surface area contributed by atoms with Crippen LogP contribution in [-0.4, -0.2) is 27.8 Å². The van der Waals surface area contributed by atoms with Gasteiger partial charge in [-0.25, -0.2) is 0 Å². The average Bonchev–Trinajstić information content (AvgIpc) is 3.18. The highest BCUT2D eigenvalue weighted by atomic mass is 32.2. The van der Waals surface area contributed by atoms with E-state index in [-0.39, 0.29) is 22.5 Å². The van der Waals surface area contributed by atoms with Crippen molar-refractivity contribution in [3.63, 3.8) is 0 Å². The second-order valence-corrected chi connectivity index (χ2v) is 8.22. The Kier molecular flexibility index (Phi) is 7.42. The molecule has 160 valence electrons. The second kappa shape index (κ2) is 10.2. The Labute approximate surface area is 183 Å². The molecule has 0 aliphatic heterocycles. The number of amides is 2. The van der Waals surface area contributed by atoms with Crippen molar-refractivity contribution < 1.29 is 22.8 Å². The lowest BCUT2D eigenvalue weighted by molar-refractivity contribution is -0.137. The van der Waals surface area contributed by atoms with Crippen molar-refractivity contribution in [2.75, 3.05) is 16.4 Å². The number of carbonyl (C=O) groups is 2. The molecule has 0 spiro atoms. The van der Waals surface area contributed by atoms with Gasteiger partial charge in [-0.3, -0.25) is 14.9 Å². The SMILES string of the molecule is O=C(C=Cc1ccccc1)Nc1nnc(SCC(=O)Nc2cccc(C(F)(F)F)c2)s1. The van der Waals surface area contributed by atoms with Crippen LogP contribution in [0.1, 0.15) is 11.1 Å². The molecule has 0 bridgehead atoms. The fraction of sp³-hybridized carbons (Fsp3) is 0.100. The van der Waals surface area contributed by atoms with Crippen LogP contribution in [0, 0.1) is 0 Å². The lowest BCUT2D eigenvalue weighted by atomic mass is 10.2. The van der Waals surface area contributed by atoms with E-state index in [1.165, 1.54) is 18.2 Å². The van der Waals surface area contributed by atoms with Crippen LogP contribution in [0.5, 0.6) is 0 Å². The van der Waals surface area contributed by atoms with Gasteiger partial charge in [0.1, 0.15) is 0 Å². The zero-order valence-corrected chi connectivity index (χ0v) is 17.4. The van der Waals surface area contributed by atoms with Crippen molar-refractivity contribution in [1.82, 2.24) is 10.2 Å². The van der Waals surface area contributed by atoms with Gasteiger partial charge in [-0.2, -0.15) is 13.2 Å². The van der Waals surface area contributed by atoms with Gasteiger partial charge in [0.15, 0.2) is 4.34 Å². The van der Waals surface area contributed by atoms with Crippen LogP contribution in [0.3, 0.4) is 0 Å². The maximum Gasteiger partial charge on any atom is 0.416 e. The molecule has 11 heteroatoms. The minimum Gasteiger partial charge on any atom is -0.325 e. The van der Waals surface area contributed by atoms with Crippen LogP contribution < -0.4 is 10.6 Å². The summed E-state index contributed by atoms with van der Waals surface area (Å²) in [6, 6.07) is 13.7. The molecular formula is C20H15F3N4O2S2. The second-order valence-electron chi connectivity index (χ2n) is 6.02. The van der Waals surface area contributed by atoms with Crippen LogP contribution in [0.25, 0.3) is 6.08 Å². The van der Waals surface area contributed by atoms with E-state index in [0.717, 1.165) is 40.8 Å². The summed E-state index contributed by atoms with van der Waals surface area (Å²) in [6.45, 7) is 0. The molecular weight excluding hydrogens is 449 g/mol. The van der Waals surface area contributed by atoms with Crippen molar-refractivity contribution in [2.24, 2.45) is 0 Å². The van der Waals surface area contributed by atoms with E-state index < -0.39 is 17.6 Å². The Hall–Kier alpha value is -3.18. The quantitative estimate of drug-likeness (QED) is 0.294. The molecule has 2 aromatic carbocycles. The van der Waals surface area contributed by atoms with Gasteiger partial charge in [-0.05, 0) is 29.8 Å². The average molecular weight is 464 g/mol. The number of hydrogen-bond acceptors (Lipinski definition) is 6. The highest BCUT2D eigenvalue weighted by molar-refractivity contribution is 8.01. The fourth-order valence-electron chi connectivity index (χ4n) is 2.30. The maximum absolute atomic E-state index is 12.7. The number of hydrogen-bond donors (Lipinski definition) is 2. The summed E-state index contributed by atoms with van der Waals surface area (Å²) >= 11 is 2.14. The molecule has 0 unspecified atom stereocenters. The summed E-state index contributed by atoms with van der Waals surface area (Å²) in [5.74, 6) is -0.943. The van der Waals surface area contributed by atoms with Gasteiger partial charge in [0, 0.05) is 11.8 Å². The molecule has 0 radical (unpaired) electrons. The van der Waals surface area contributed by atoms with Crippen molar-refractivity contribution in [2.45, 2.75) is 10.5 Å². The number of aromatic nitrogens is 2. The van der Waals surface area contributed by atoms with Gasteiger partial charge in [-0.15, -0.1) is 10.2 Å². The topological polar surface area (TPSA) is 84.0 Å². The molecule has 0 aliphatic carbocycles. The van der Waals surface area contributed by atoms with Crippen molar-refractivity contribution >= 4 is 51.8 Å². The summed E-state index contributed by atoms with van der Waals surface area (Å²) in [6.07, 6.45) is -1.46. The van der Waals surface area contributed by atoms with Gasteiger partial charge in [0.2, 0.25) is 16.9 Å². The van der Waals surface area contributed by atoms with E-state index in [1.54, 1.807) is 6.08 Å². The zero-order chi connectivity index (χ0) is 22.3. The van der Waals surface area contributed by atoms with E-state index in [4.69, 9.17) is 0 Å². The first kappa shape index (κ1) is 22.5. The summed E-state index contributed by atoms with van der Waals surface area (Å²) in [4.78, 5) is 24.0. The third-order valence-corrected chi connectivity index (χ3v) is 5.64. The molecule has 2 N–H and O–H groups in total. The van der Waals surface area contributed by atoms with Gasteiger partial charge < -0.3 is 5.32 Å². The molecule has 6 nitrogen and oxygen atoms in total. The number of benzene rings is 2. The molecule has 2 amide bonds. The molecule has 31 heavy (non-hydrogen) atoms. The monoisotopic (exact) mass is 464 g/mol. The molecule has 3 rings (SSSR count). The molecule has 0 saturated carbocycles. The first-order chi connectivity index (χ1) is 14.8. The summed E-state index contributed by atoms with van der Waals surface area (Å²) in [5, 5.41) is 13.0. The largest absolute Gasteiger partial charge is 0.416 e. The highest BCUT2D eigenvalue weighted by Gasteiger charge is 2.30. The van der Waals surface area contributed by atoms with Crippen LogP contribution in [0.15, 0.2) is 65.0 Å². The Balaban J connectivity index is 1.48. The number of nitrogens with one attached hydrogen (secondary N) is 2. The minimum atomic E-state index is -4.49. The molecule has 0 atom stereocenters. The maximum atomic E-state index is 12.7. The predicted octanol–water partition coefficient (Wildman–Crippen LogP) is 4.94. The number of halogens is 3. The Morgan fingerprint density at radius 2 is 1.81 bits per heavy atom. The standard InChI is InChI=1S/C20H15F3N4O2S2/c21-20(22,23)14-7-4-8-15(11-14)24-17(29)12-30-19-27-26-18(31-19)25-16(28)10-9-13-5-2-1-3-6-13/h1-11H,12H2,(H,24,29)(H,25,26,28). The van der Waals surface area contributed by atoms with Crippen molar-refractivity contribution in [3.05, 3.63) is 71.8 Å². The minimum absolute atomic E-state index is 0.0517. The van der Waals surface area contributed by atoms with Crippen molar-refractivity contribution in [3.8, 4) is 0 Å². The number of nitrogens with zero attached hydrogens (tertiary/aromatic N) is 2. The highest BCUT2D eigenvalue weighted by Crippen LogP contribution is 2.31. The number of thioether (sulfide) groups is 1. The number of alkyl halides is 3. The fourth-order valence-corrected chi connectivity index (χ4v) is 3.85. The van der Waals surface area contributed by atoms with Gasteiger partial charge in [-0.1, -0.05) is 59.5 Å². The van der Waals surface area contributed by atoms with Crippen LogP contribution in [0.2, 0.25) is 0 Å². The van der Waals surface area contributed by atoms with Gasteiger partial charge in [0.25, 0.3) is 0 Å².